The lowest BCUT2D eigenvalue weighted by Gasteiger charge is -2.08. The van der Waals surface area contributed by atoms with E-state index in [1.165, 1.54) is 11.0 Å². The highest BCUT2D eigenvalue weighted by Gasteiger charge is 2.38. The molecule has 0 bridgehead atoms. The van der Waals surface area contributed by atoms with E-state index in [1.54, 1.807) is 13.4 Å². The summed E-state index contributed by atoms with van der Waals surface area (Å²) in [6.07, 6.45) is -1.90. The Labute approximate surface area is 166 Å². The Morgan fingerprint density at radius 3 is 2.33 bits per heavy atom. The van der Waals surface area contributed by atoms with Crippen LogP contribution in [0, 0.1) is 0 Å². The van der Waals surface area contributed by atoms with E-state index in [0.29, 0.717) is 17.2 Å². The molecular formula is C15H17F3N8O4. The smallest absolute Gasteiger partial charge is 0.475 e. The number of carbonyl (C=O) groups is 2. The average molecular weight is 430 g/mol. The van der Waals surface area contributed by atoms with E-state index in [0.717, 1.165) is 5.65 Å². The van der Waals surface area contributed by atoms with Crippen molar-refractivity contribution in [1.29, 1.82) is 0 Å². The standard InChI is InChI=1S/C13H16N8O2.C2HF3O2/c1-7(2)21-6-17-9-10(15-5-16-12(9)21)14-4-8-18-11(13(22)23)19-20(8)3;3-2(4,5)1(6)7/h5-7H,4H2,1-3H3,(H,22,23)(H,14,15,16);(H,6,7). The maximum absolute atomic E-state index is 10.9. The molecule has 30 heavy (non-hydrogen) atoms. The minimum Gasteiger partial charge on any atom is -0.475 e. The largest absolute Gasteiger partial charge is 0.490 e. The van der Waals surface area contributed by atoms with E-state index >= 15 is 0 Å². The Hall–Kier alpha value is -3.78. The Balaban J connectivity index is 0.000000396. The SMILES string of the molecule is CC(C)n1cnc2c(NCc3nc(C(=O)O)nn3C)ncnc21.O=C(O)C(F)(F)F. The van der Waals surface area contributed by atoms with Crippen molar-refractivity contribution in [3.05, 3.63) is 24.3 Å². The molecule has 0 fully saturated rings. The summed E-state index contributed by atoms with van der Waals surface area (Å²) in [6.45, 7) is 4.37. The monoisotopic (exact) mass is 430 g/mol. The first-order valence-electron chi connectivity index (χ1n) is 8.26. The number of imidazole rings is 1. The van der Waals surface area contributed by atoms with Gasteiger partial charge in [0, 0.05) is 13.1 Å². The Morgan fingerprint density at radius 2 is 1.83 bits per heavy atom. The van der Waals surface area contributed by atoms with Crippen LogP contribution in [0.3, 0.4) is 0 Å². The van der Waals surface area contributed by atoms with E-state index in [2.05, 4.69) is 30.4 Å². The number of halogens is 3. The third kappa shape index (κ3) is 5.18. The van der Waals surface area contributed by atoms with Crippen LogP contribution in [0.25, 0.3) is 11.2 Å². The van der Waals surface area contributed by atoms with Crippen molar-refractivity contribution in [3.8, 4) is 0 Å². The number of rotatable bonds is 5. The molecule has 3 aromatic rings. The number of carboxylic acids is 2. The lowest BCUT2D eigenvalue weighted by molar-refractivity contribution is -0.192. The van der Waals surface area contributed by atoms with Crippen molar-refractivity contribution in [2.75, 3.05) is 5.32 Å². The first-order chi connectivity index (χ1) is 13.9. The number of alkyl halides is 3. The number of hydrogen-bond donors (Lipinski definition) is 3. The third-order valence-corrected chi connectivity index (χ3v) is 3.62. The molecule has 0 aliphatic rings. The molecule has 15 heteroatoms. The highest BCUT2D eigenvalue weighted by molar-refractivity contribution is 5.83. The molecule has 12 nitrogen and oxygen atoms in total. The van der Waals surface area contributed by atoms with Crippen LogP contribution in [0.4, 0.5) is 19.0 Å². The van der Waals surface area contributed by atoms with Crippen LogP contribution in [0.5, 0.6) is 0 Å². The zero-order valence-electron chi connectivity index (χ0n) is 15.9. The van der Waals surface area contributed by atoms with Gasteiger partial charge in [0.2, 0.25) is 0 Å². The Morgan fingerprint density at radius 1 is 1.20 bits per heavy atom. The number of aromatic carboxylic acids is 1. The van der Waals surface area contributed by atoms with Gasteiger partial charge in [-0.25, -0.2) is 29.5 Å². The van der Waals surface area contributed by atoms with Gasteiger partial charge in [0.25, 0.3) is 5.82 Å². The predicted octanol–water partition coefficient (Wildman–Crippen LogP) is 1.48. The zero-order valence-corrected chi connectivity index (χ0v) is 15.9. The Kier molecular flexibility index (Phi) is 6.53. The van der Waals surface area contributed by atoms with Crippen molar-refractivity contribution in [1.82, 2.24) is 34.3 Å². The van der Waals surface area contributed by atoms with Gasteiger partial charge in [-0.1, -0.05) is 0 Å². The summed E-state index contributed by atoms with van der Waals surface area (Å²) in [7, 11) is 1.64. The number of nitrogens with zero attached hydrogens (tertiary/aromatic N) is 7. The van der Waals surface area contributed by atoms with Gasteiger partial charge in [0.05, 0.1) is 12.9 Å². The number of aryl methyl sites for hydroxylation is 1. The molecule has 0 saturated heterocycles. The molecule has 0 aliphatic carbocycles. The highest BCUT2D eigenvalue weighted by atomic mass is 19.4. The summed E-state index contributed by atoms with van der Waals surface area (Å²) in [4.78, 5) is 36.5. The molecule has 3 aromatic heterocycles. The third-order valence-electron chi connectivity index (χ3n) is 3.62. The topological polar surface area (TPSA) is 161 Å². The van der Waals surface area contributed by atoms with Crippen molar-refractivity contribution in [2.24, 2.45) is 7.05 Å². The fraction of sp³-hybridized carbons (Fsp3) is 0.400. The number of carboxylic acid groups (broad SMARTS) is 2. The molecule has 162 valence electrons. The van der Waals surface area contributed by atoms with E-state index in [-0.39, 0.29) is 18.4 Å². The molecular weight excluding hydrogens is 413 g/mol. The van der Waals surface area contributed by atoms with Crippen LogP contribution in [-0.2, 0) is 18.4 Å². The van der Waals surface area contributed by atoms with Gasteiger partial charge in [-0.2, -0.15) is 13.2 Å². The minimum atomic E-state index is -5.08. The molecule has 0 spiro atoms. The average Bonchev–Trinajstić information content (AvgIpc) is 3.23. The van der Waals surface area contributed by atoms with Gasteiger partial charge in [-0.3, -0.25) is 4.68 Å². The van der Waals surface area contributed by atoms with Crippen molar-refractivity contribution in [3.63, 3.8) is 0 Å². The number of hydrogen-bond acceptors (Lipinski definition) is 8. The lowest BCUT2D eigenvalue weighted by atomic mass is 10.4. The van der Waals surface area contributed by atoms with E-state index < -0.39 is 18.1 Å². The molecule has 0 amide bonds. The summed E-state index contributed by atoms with van der Waals surface area (Å²) in [5, 5.41) is 23.0. The van der Waals surface area contributed by atoms with Crippen LogP contribution in [0.2, 0.25) is 0 Å². The van der Waals surface area contributed by atoms with Gasteiger partial charge in [0.1, 0.15) is 17.7 Å². The van der Waals surface area contributed by atoms with Crippen LogP contribution in [0.15, 0.2) is 12.7 Å². The summed E-state index contributed by atoms with van der Waals surface area (Å²) >= 11 is 0. The van der Waals surface area contributed by atoms with Crippen LogP contribution in [0.1, 0.15) is 36.3 Å². The van der Waals surface area contributed by atoms with E-state index in [1.807, 2.05) is 18.4 Å². The molecule has 0 radical (unpaired) electrons. The molecule has 3 N–H and O–H groups in total. The van der Waals surface area contributed by atoms with Gasteiger partial charge in [0.15, 0.2) is 11.5 Å². The second-order valence-electron chi connectivity index (χ2n) is 6.08. The maximum Gasteiger partial charge on any atom is 0.490 e. The predicted molar refractivity (Wildman–Crippen MR) is 94.7 cm³/mol. The fourth-order valence-corrected chi connectivity index (χ4v) is 2.18. The van der Waals surface area contributed by atoms with Crippen molar-refractivity contribution >= 4 is 28.9 Å². The normalized spacial score (nSPS) is 11.3. The second kappa shape index (κ2) is 8.71. The molecule has 3 heterocycles. The fourth-order valence-electron chi connectivity index (χ4n) is 2.18. The summed E-state index contributed by atoms with van der Waals surface area (Å²) < 4.78 is 35.1. The zero-order chi connectivity index (χ0) is 22.6. The van der Waals surface area contributed by atoms with E-state index in [4.69, 9.17) is 15.0 Å². The van der Waals surface area contributed by atoms with Gasteiger partial charge < -0.3 is 20.1 Å². The number of anilines is 1. The molecule has 0 atom stereocenters. The number of aromatic nitrogens is 7. The van der Waals surface area contributed by atoms with Crippen molar-refractivity contribution < 1.29 is 33.0 Å². The molecule has 0 saturated carbocycles. The minimum absolute atomic E-state index is 0.235. The van der Waals surface area contributed by atoms with Gasteiger partial charge in [-0.05, 0) is 13.8 Å². The van der Waals surface area contributed by atoms with Crippen LogP contribution < -0.4 is 5.32 Å². The quantitative estimate of drug-likeness (QED) is 0.541. The molecule has 0 aromatic carbocycles. The van der Waals surface area contributed by atoms with Crippen molar-refractivity contribution in [2.45, 2.75) is 32.6 Å². The molecule has 3 rings (SSSR count). The summed E-state index contributed by atoms with van der Waals surface area (Å²) in [6, 6.07) is 0.236. The van der Waals surface area contributed by atoms with E-state index in [9.17, 15) is 18.0 Å². The Bertz CT molecular complexity index is 1060. The number of nitrogens with one attached hydrogen (secondary N) is 1. The molecule has 0 aliphatic heterocycles. The maximum atomic E-state index is 10.9. The number of fused-ring (bicyclic) bond motifs is 1. The van der Waals surface area contributed by atoms with Crippen LogP contribution in [-0.4, -0.2) is 62.6 Å². The molecule has 0 unspecified atom stereocenters. The van der Waals surface area contributed by atoms with Gasteiger partial charge >= 0.3 is 18.1 Å². The second-order valence-corrected chi connectivity index (χ2v) is 6.08. The van der Waals surface area contributed by atoms with Crippen LogP contribution >= 0.6 is 0 Å². The lowest BCUT2D eigenvalue weighted by Crippen LogP contribution is -2.21. The summed E-state index contributed by atoms with van der Waals surface area (Å²) in [5.74, 6) is -3.10. The summed E-state index contributed by atoms with van der Waals surface area (Å²) in [5.41, 5.74) is 1.39. The highest BCUT2D eigenvalue weighted by Crippen LogP contribution is 2.20. The number of aliphatic carboxylic acids is 1. The first-order valence-corrected chi connectivity index (χ1v) is 8.26. The van der Waals surface area contributed by atoms with Gasteiger partial charge in [-0.15, -0.1) is 5.10 Å². The first kappa shape index (κ1) is 22.5.